The average molecular weight is 955 g/mol. The molecule has 0 saturated carbocycles. The number of amides is 2. The molecule has 6 rings (SSSR count). The summed E-state index contributed by atoms with van der Waals surface area (Å²) in [4.78, 5) is 37.5. The number of fused-ring (bicyclic) bond motifs is 2. The molecule has 18 heteroatoms. The molecule has 0 heterocycles. The Morgan fingerprint density at radius 3 is 2.09 bits per heavy atom. The van der Waals surface area contributed by atoms with E-state index in [9.17, 15) is 45.4 Å². The molecule has 2 amide bonds. The Kier molecular flexibility index (Phi) is 14.7. The van der Waals surface area contributed by atoms with Gasteiger partial charge in [-0.2, -0.15) is 21.9 Å². The van der Waals surface area contributed by atoms with Gasteiger partial charge < -0.3 is 25.2 Å². The van der Waals surface area contributed by atoms with Crippen molar-refractivity contribution in [1.29, 1.82) is 0 Å². The lowest BCUT2D eigenvalue weighted by Gasteiger charge is -2.30. The molecule has 0 radical (unpaired) electrons. The first-order valence-corrected chi connectivity index (χ1v) is 24.4. The molecule has 5 aromatic carbocycles. The van der Waals surface area contributed by atoms with E-state index in [2.05, 4.69) is 80.9 Å². The Bertz CT molecular complexity index is 3050. The van der Waals surface area contributed by atoms with Crippen molar-refractivity contribution in [2.75, 3.05) is 23.9 Å². The normalized spacial score (nSPS) is 13.8. The molecule has 67 heavy (non-hydrogen) atoms. The van der Waals surface area contributed by atoms with Crippen LogP contribution in [0, 0.1) is 0 Å². The van der Waals surface area contributed by atoms with Gasteiger partial charge in [-0.05, 0) is 102 Å². The molecule has 354 valence electrons. The summed E-state index contributed by atoms with van der Waals surface area (Å²) in [5, 5.41) is 21.3. The van der Waals surface area contributed by atoms with Crippen LogP contribution < -0.4 is 25.5 Å². The van der Waals surface area contributed by atoms with E-state index in [0.717, 1.165) is 43.7 Å². The molecule has 0 aromatic heterocycles. The highest BCUT2D eigenvalue weighted by atomic mass is 32.2. The lowest BCUT2D eigenvalue weighted by molar-refractivity contribution is -0.114. The van der Waals surface area contributed by atoms with Crippen LogP contribution in [0.15, 0.2) is 99.8 Å². The van der Waals surface area contributed by atoms with Gasteiger partial charge in [0.2, 0.25) is 11.7 Å². The topological polar surface area (TPSA) is 247 Å². The smallest absolute Gasteiger partial charge is 0.296 e. The fourth-order valence-electron chi connectivity index (χ4n) is 7.32. The summed E-state index contributed by atoms with van der Waals surface area (Å²) < 4.78 is 81.0. The number of benzene rings is 5. The maximum absolute atomic E-state index is 13.7. The van der Waals surface area contributed by atoms with Crippen molar-refractivity contribution in [3.63, 3.8) is 0 Å². The molecule has 6 N–H and O–H groups in total. The lowest BCUT2D eigenvalue weighted by atomic mass is 9.76. The van der Waals surface area contributed by atoms with Gasteiger partial charge in [-0.1, -0.05) is 77.9 Å². The minimum absolute atomic E-state index is 0.00196. The van der Waals surface area contributed by atoms with Gasteiger partial charge in [0.1, 0.15) is 27.9 Å². The van der Waals surface area contributed by atoms with Crippen molar-refractivity contribution >= 4 is 71.8 Å². The first-order valence-electron chi connectivity index (χ1n) is 21.5. The van der Waals surface area contributed by atoms with Gasteiger partial charge in [0.05, 0.1) is 34.0 Å². The molecule has 0 unspecified atom stereocenters. The molecule has 1 aliphatic rings. The standard InChI is InChI=1S/C49H54N4O12S2/c1-8-48(4,5)31-16-21-40(38(26-31)49(6,7)9-2)64-23-13-12-22-50-47(57)37-28-41(35-14-10-11-15-36(35)45(37)55)65-33-19-17-32(18-20-33)52-53-44-42(67(61,62)63)25-30-24-34(66(58,59)60)27-39(51-29(3)54)43(30)46(44)56/h10-11,14-21,24-28,52,55H,8-9,12-13,22-23H2,1-7H3,(H,50,57)(H,51,54)(H,58,59,60)(H,61,62,63). The van der Waals surface area contributed by atoms with E-state index in [-0.39, 0.29) is 56.1 Å². The number of hydrogen-bond acceptors (Lipinski definition) is 12. The molecule has 0 spiro atoms. The van der Waals surface area contributed by atoms with Gasteiger partial charge in [-0.15, -0.1) is 0 Å². The first-order chi connectivity index (χ1) is 31.4. The van der Waals surface area contributed by atoms with Crippen LogP contribution >= 0.6 is 0 Å². The van der Waals surface area contributed by atoms with Gasteiger partial charge in [-0.25, -0.2) is 0 Å². The Morgan fingerprint density at radius 1 is 0.791 bits per heavy atom. The van der Waals surface area contributed by atoms with E-state index in [1.165, 1.54) is 41.5 Å². The van der Waals surface area contributed by atoms with E-state index in [0.29, 0.717) is 36.8 Å². The summed E-state index contributed by atoms with van der Waals surface area (Å²) >= 11 is 0. The summed E-state index contributed by atoms with van der Waals surface area (Å²) in [6, 6.07) is 22.4. The number of phenols is 1. The molecule has 0 bridgehead atoms. The summed E-state index contributed by atoms with van der Waals surface area (Å²) in [6.07, 6.45) is 4.04. The number of phenolic OH excluding ortho intramolecular Hbond substituents is 1. The lowest BCUT2D eigenvalue weighted by Crippen LogP contribution is -2.28. The SMILES string of the molecule is CCC(C)(C)c1ccc(OCCCCNC(=O)c2cc(Oc3ccc(NN=C4C(=O)c5c(cc(S(=O)(=O)O)cc5NC(C)=O)C=C4S(=O)(=O)O)cc3)c3ccccc3c2O)c(C(C)(C)CC)c1. The average Bonchev–Trinajstić information content (AvgIpc) is 3.27. The van der Waals surface area contributed by atoms with Crippen molar-refractivity contribution < 1.29 is 54.9 Å². The zero-order chi connectivity index (χ0) is 49.1. The minimum Gasteiger partial charge on any atom is -0.506 e. The van der Waals surface area contributed by atoms with E-state index in [1.54, 1.807) is 24.3 Å². The number of aromatic hydroxyl groups is 1. The van der Waals surface area contributed by atoms with Crippen molar-refractivity contribution in [2.45, 2.75) is 89.9 Å². The van der Waals surface area contributed by atoms with Gasteiger partial charge in [0, 0.05) is 29.8 Å². The van der Waals surface area contributed by atoms with Crippen LogP contribution in [0.2, 0.25) is 0 Å². The number of hydrogen-bond donors (Lipinski definition) is 6. The fraction of sp³-hybridized carbons (Fsp3) is 0.306. The third-order valence-corrected chi connectivity index (χ3v) is 13.7. The number of ketones is 1. The number of carbonyl (C=O) groups is 3. The zero-order valence-corrected chi connectivity index (χ0v) is 39.8. The van der Waals surface area contributed by atoms with Crippen LogP contribution in [0.25, 0.3) is 16.8 Å². The number of unbranched alkanes of at least 4 members (excludes halogenated alkanes) is 1. The Hall–Kier alpha value is -6.60. The maximum atomic E-state index is 13.7. The van der Waals surface area contributed by atoms with E-state index in [1.807, 2.05) is 0 Å². The van der Waals surface area contributed by atoms with Gasteiger partial charge in [0.15, 0.2) is 5.71 Å². The summed E-state index contributed by atoms with van der Waals surface area (Å²) in [6.45, 7) is 15.2. The van der Waals surface area contributed by atoms with E-state index >= 15 is 0 Å². The molecule has 0 atom stereocenters. The number of carbonyl (C=O) groups excluding carboxylic acids is 3. The van der Waals surface area contributed by atoms with Crippen molar-refractivity contribution in [3.8, 4) is 23.0 Å². The summed E-state index contributed by atoms with van der Waals surface area (Å²) in [5.74, 6) is -1.14. The second kappa shape index (κ2) is 19.7. The molecule has 1 aliphatic carbocycles. The number of Topliss-reactive ketones (excluding diaryl/α,β-unsaturated/α-hetero) is 1. The highest BCUT2D eigenvalue weighted by molar-refractivity contribution is 7.91. The van der Waals surface area contributed by atoms with Gasteiger partial charge in [0.25, 0.3) is 26.1 Å². The predicted molar refractivity (Wildman–Crippen MR) is 258 cm³/mol. The van der Waals surface area contributed by atoms with Crippen LogP contribution in [0.1, 0.15) is 112 Å². The minimum atomic E-state index is -5.14. The number of nitrogens with zero attached hydrogens (tertiary/aromatic N) is 1. The Labute approximate surface area is 390 Å². The highest BCUT2D eigenvalue weighted by Crippen LogP contribution is 2.40. The monoisotopic (exact) mass is 954 g/mol. The third kappa shape index (κ3) is 11.3. The van der Waals surface area contributed by atoms with Gasteiger partial charge in [-0.3, -0.25) is 28.9 Å². The number of hydrazone groups is 1. The number of ether oxygens (including phenoxy) is 2. The zero-order valence-electron chi connectivity index (χ0n) is 38.2. The maximum Gasteiger partial charge on any atom is 0.296 e. The number of allylic oxidation sites excluding steroid dienone is 1. The van der Waals surface area contributed by atoms with E-state index < -0.39 is 53.3 Å². The number of nitrogens with one attached hydrogen (secondary N) is 3. The molecule has 0 aliphatic heterocycles. The predicted octanol–water partition coefficient (Wildman–Crippen LogP) is 9.40. The van der Waals surface area contributed by atoms with Crippen LogP contribution in [-0.4, -0.2) is 67.5 Å². The summed E-state index contributed by atoms with van der Waals surface area (Å²) in [7, 11) is -10.0. The number of anilines is 2. The fourth-order valence-corrected chi connectivity index (χ4v) is 8.52. The molecule has 16 nitrogen and oxygen atoms in total. The largest absolute Gasteiger partial charge is 0.506 e. The number of rotatable bonds is 18. The summed E-state index contributed by atoms with van der Waals surface area (Å²) in [5.41, 5.74) is 3.36. The molecule has 0 fully saturated rings. The van der Waals surface area contributed by atoms with Crippen molar-refractivity contribution in [1.82, 2.24) is 5.32 Å². The molecular formula is C49H54N4O12S2. The second-order valence-electron chi connectivity index (χ2n) is 17.4. The quantitative estimate of drug-likeness (QED) is 0.0273. The molecule has 5 aromatic rings. The Morgan fingerprint density at radius 2 is 1.46 bits per heavy atom. The van der Waals surface area contributed by atoms with Crippen LogP contribution in [0.3, 0.4) is 0 Å². The van der Waals surface area contributed by atoms with E-state index in [4.69, 9.17) is 9.47 Å². The van der Waals surface area contributed by atoms with Crippen molar-refractivity contribution in [2.24, 2.45) is 5.10 Å². The third-order valence-electron chi connectivity index (χ3n) is 12.0. The van der Waals surface area contributed by atoms with Crippen LogP contribution in [-0.2, 0) is 35.9 Å². The first kappa shape index (κ1) is 49.8. The van der Waals surface area contributed by atoms with Gasteiger partial charge >= 0.3 is 0 Å². The highest BCUT2D eigenvalue weighted by Gasteiger charge is 2.36. The van der Waals surface area contributed by atoms with Crippen molar-refractivity contribution in [3.05, 3.63) is 118 Å². The second-order valence-corrected chi connectivity index (χ2v) is 20.2. The van der Waals surface area contributed by atoms with Crippen LogP contribution in [0.4, 0.5) is 11.4 Å². The molecule has 0 saturated heterocycles. The molecular weight excluding hydrogens is 901 g/mol. The Balaban J connectivity index is 1.15. The van der Waals surface area contributed by atoms with Crippen LogP contribution in [0.5, 0.6) is 23.0 Å².